The third kappa shape index (κ3) is 4.84. The SMILES string of the molecule is Cc1[nH]nc2c1c(=O)n(CCCN(Cc1ccccc1)Cc1ccccc1)c1cc3c(cc21)CCCC3. The Morgan fingerprint density at radius 2 is 1.51 bits per heavy atom. The molecule has 1 aliphatic carbocycles. The van der Waals surface area contributed by atoms with Crippen LogP contribution in [0.1, 0.15) is 47.2 Å². The Hall–Kier alpha value is -3.70. The van der Waals surface area contributed by atoms with E-state index in [2.05, 4.69) is 87.9 Å². The van der Waals surface area contributed by atoms with E-state index in [0.29, 0.717) is 6.54 Å². The zero-order valence-corrected chi connectivity index (χ0v) is 21.5. The fourth-order valence-electron chi connectivity index (χ4n) is 5.89. The molecule has 2 aromatic heterocycles. The molecule has 3 aromatic carbocycles. The Labute approximate surface area is 217 Å². The molecule has 6 rings (SSSR count). The predicted octanol–water partition coefficient (Wildman–Crippen LogP) is 6.16. The lowest BCUT2D eigenvalue weighted by atomic mass is 9.90. The molecule has 1 aliphatic rings. The zero-order valence-electron chi connectivity index (χ0n) is 21.5. The average molecular weight is 491 g/mol. The summed E-state index contributed by atoms with van der Waals surface area (Å²) in [7, 11) is 0. The van der Waals surface area contributed by atoms with Crippen molar-refractivity contribution < 1.29 is 0 Å². The van der Waals surface area contributed by atoms with Crippen molar-refractivity contribution in [3.8, 4) is 0 Å². The van der Waals surface area contributed by atoms with Crippen LogP contribution in [0, 0.1) is 6.92 Å². The number of pyridine rings is 1. The molecule has 0 saturated heterocycles. The second kappa shape index (κ2) is 10.3. The summed E-state index contributed by atoms with van der Waals surface area (Å²) < 4.78 is 2.01. The van der Waals surface area contributed by atoms with Crippen LogP contribution in [0.4, 0.5) is 0 Å². The van der Waals surface area contributed by atoms with Crippen LogP contribution < -0.4 is 5.56 Å². The summed E-state index contributed by atoms with van der Waals surface area (Å²) >= 11 is 0. The van der Waals surface area contributed by atoms with Crippen molar-refractivity contribution in [3.63, 3.8) is 0 Å². The van der Waals surface area contributed by atoms with Gasteiger partial charge in [-0.1, -0.05) is 60.7 Å². The molecule has 0 radical (unpaired) electrons. The number of nitrogens with zero attached hydrogens (tertiary/aromatic N) is 3. The molecule has 5 heteroatoms. The summed E-state index contributed by atoms with van der Waals surface area (Å²) in [6, 6.07) is 25.9. The van der Waals surface area contributed by atoms with Crippen molar-refractivity contribution in [1.82, 2.24) is 19.7 Å². The van der Waals surface area contributed by atoms with Gasteiger partial charge in [-0.25, -0.2) is 0 Å². The maximum atomic E-state index is 13.7. The highest BCUT2D eigenvalue weighted by Crippen LogP contribution is 2.30. The number of aryl methyl sites for hydroxylation is 4. The third-order valence-corrected chi connectivity index (χ3v) is 7.77. The van der Waals surface area contributed by atoms with E-state index in [-0.39, 0.29) is 5.56 Å². The van der Waals surface area contributed by atoms with E-state index in [9.17, 15) is 4.79 Å². The lowest BCUT2D eigenvalue weighted by Crippen LogP contribution is -2.27. The molecule has 37 heavy (non-hydrogen) atoms. The standard InChI is InChI=1S/C32H34N4O/c1-23-30-31(34-33-23)28-19-26-15-8-9-16-27(26)20-29(28)36(32(30)37)18-10-17-35(21-24-11-4-2-5-12-24)22-25-13-6-3-7-14-25/h2-7,11-14,19-20H,8-10,15-18,21-22H2,1H3,(H,33,34). The summed E-state index contributed by atoms with van der Waals surface area (Å²) in [4.78, 5) is 16.2. The van der Waals surface area contributed by atoms with Gasteiger partial charge in [-0.2, -0.15) is 5.10 Å². The highest BCUT2D eigenvalue weighted by atomic mass is 16.1. The van der Waals surface area contributed by atoms with E-state index in [0.717, 1.165) is 66.4 Å². The fraction of sp³-hybridized carbons (Fsp3) is 0.312. The van der Waals surface area contributed by atoms with Crippen molar-refractivity contribution in [2.24, 2.45) is 0 Å². The van der Waals surface area contributed by atoms with E-state index in [1.807, 2.05) is 11.5 Å². The number of fused-ring (bicyclic) bond motifs is 4. The van der Waals surface area contributed by atoms with Gasteiger partial charge in [-0.15, -0.1) is 0 Å². The van der Waals surface area contributed by atoms with Crippen LogP contribution in [0.3, 0.4) is 0 Å². The first kappa shape index (κ1) is 23.7. The number of hydrogen-bond donors (Lipinski definition) is 1. The van der Waals surface area contributed by atoms with Gasteiger partial charge in [0.15, 0.2) is 0 Å². The Morgan fingerprint density at radius 3 is 2.16 bits per heavy atom. The van der Waals surface area contributed by atoms with Crippen LogP contribution in [-0.2, 0) is 32.5 Å². The van der Waals surface area contributed by atoms with Crippen molar-refractivity contribution >= 4 is 21.8 Å². The number of aromatic amines is 1. The van der Waals surface area contributed by atoms with E-state index in [4.69, 9.17) is 0 Å². The number of rotatable bonds is 8. The van der Waals surface area contributed by atoms with Gasteiger partial charge < -0.3 is 4.57 Å². The molecule has 0 bridgehead atoms. The van der Waals surface area contributed by atoms with Crippen molar-refractivity contribution in [1.29, 1.82) is 0 Å². The summed E-state index contributed by atoms with van der Waals surface area (Å²) in [5, 5.41) is 9.46. The molecule has 0 amide bonds. The largest absolute Gasteiger partial charge is 0.307 e. The first-order valence-corrected chi connectivity index (χ1v) is 13.5. The lowest BCUT2D eigenvalue weighted by molar-refractivity contribution is 0.248. The third-order valence-electron chi connectivity index (χ3n) is 7.77. The monoisotopic (exact) mass is 490 g/mol. The minimum absolute atomic E-state index is 0.0715. The Balaban J connectivity index is 1.31. The van der Waals surface area contributed by atoms with Gasteiger partial charge in [0, 0.05) is 37.3 Å². The molecule has 0 atom stereocenters. The zero-order chi connectivity index (χ0) is 25.2. The first-order chi connectivity index (χ1) is 18.2. The van der Waals surface area contributed by atoms with E-state index in [1.54, 1.807) is 0 Å². The highest BCUT2D eigenvalue weighted by molar-refractivity contribution is 6.04. The molecular weight excluding hydrogens is 456 g/mol. The molecule has 0 saturated carbocycles. The van der Waals surface area contributed by atoms with E-state index >= 15 is 0 Å². The van der Waals surface area contributed by atoms with Crippen molar-refractivity contribution in [3.05, 3.63) is 111 Å². The lowest BCUT2D eigenvalue weighted by Gasteiger charge is -2.23. The Morgan fingerprint density at radius 1 is 0.892 bits per heavy atom. The van der Waals surface area contributed by atoms with Crippen LogP contribution in [0.2, 0.25) is 0 Å². The first-order valence-electron chi connectivity index (χ1n) is 13.5. The second-order valence-electron chi connectivity index (χ2n) is 10.4. The smallest absolute Gasteiger partial charge is 0.262 e. The van der Waals surface area contributed by atoms with E-state index in [1.165, 1.54) is 35.1 Å². The molecule has 0 aliphatic heterocycles. The summed E-state index contributed by atoms with van der Waals surface area (Å²) in [5.74, 6) is 0. The Kier molecular flexibility index (Phi) is 6.62. The molecular formula is C32H34N4O. The normalized spacial score (nSPS) is 13.5. The second-order valence-corrected chi connectivity index (χ2v) is 10.4. The fourth-order valence-corrected chi connectivity index (χ4v) is 5.89. The molecule has 0 fully saturated rings. The molecule has 1 N–H and O–H groups in total. The molecule has 5 nitrogen and oxygen atoms in total. The van der Waals surface area contributed by atoms with Gasteiger partial charge in [0.25, 0.3) is 5.56 Å². The van der Waals surface area contributed by atoms with Crippen molar-refractivity contribution in [2.75, 3.05) is 6.54 Å². The van der Waals surface area contributed by atoms with Crippen LogP contribution in [0.5, 0.6) is 0 Å². The van der Waals surface area contributed by atoms with Gasteiger partial charge in [0.2, 0.25) is 0 Å². The predicted molar refractivity (Wildman–Crippen MR) is 151 cm³/mol. The molecule has 5 aromatic rings. The minimum Gasteiger partial charge on any atom is -0.307 e. The van der Waals surface area contributed by atoms with Gasteiger partial charge >= 0.3 is 0 Å². The van der Waals surface area contributed by atoms with Gasteiger partial charge in [0.05, 0.1) is 10.9 Å². The molecule has 0 unspecified atom stereocenters. The number of H-pyrrole nitrogens is 1. The van der Waals surface area contributed by atoms with Gasteiger partial charge in [-0.05, 0) is 73.4 Å². The van der Waals surface area contributed by atoms with Crippen LogP contribution in [0.25, 0.3) is 21.8 Å². The number of aromatic nitrogens is 3. The van der Waals surface area contributed by atoms with Gasteiger partial charge in [-0.3, -0.25) is 14.8 Å². The van der Waals surface area contributed by atoms with Crippen LogP contribution in [0.15, 0.2) is 77.6 Å². The summed E-state index contributed by atoms with van der Waals surface area (Å²) in [6.45, 7) is 5.32. The topological polar surface area (TPSA) is 53.9 Å². The van der Waals surface area contributed by atoms with E-state index < -0.39 is 0 Å². The van der Waals surface area contributed by atoms with Crippen molar-refractivity contribution in [2.45, 2.75) is 58.7 Å². The maximum Gasteiger partial charge on any atom is 0.262 e. The van der Waals surface area contributed by atoms with Crippen LogP contribution >= 0.6 is 0 Å². The van der Waals surface area contributed by atoms with Crippen LogP contribution in [-0.4, -0.2) is 26.2 Å². The summed E-state index contributed by atoms with van der Waals surface area (Å²) in [5.41, 5.74) is 8.20. The number of nitrogens with one attached hydrogen (secondary N) is 1. The molecule has 0 spiro atoms. The minimum atomic E-state index is 0.0715. The highest BCUT2D eigenvalue weighted by Gasteiger charge is 2.19. The average Bonchev–Trinajstić information content (AvgIpc) is 3.32. The van der Waals surface area contributed by atoms with Gasteiger partial charge in [0.1, 0.15) is 5.52 Å². The quantitative estimate of drug-likeness (QED) is 0.284. The maximum absolute atomic E-state index is 13.7. The summed E-state index contributed by atoms with van der Waals surface area (Å²) in [6.07, 6.45) is 5.57. The molecule has 2 heterocycles. The number of hydrogen-bond acceptors (Lipinski definition) is 3. The number of benzene rings is 3. The Bertz CT molecular complexity index is 1540. The molecule has 188 valence electrons.